The van der Waals surface area contributed by atoms with E-state index in [-0.39, 0.29) is 17.8 Å². The number of halogens is 1. The lowest BCUT2D eigenvalue weighted by Gasteiger charge is -2.26. The quantitative estimate of drug-likeness (QED) is 0.767. The van der Waals surface area contributed by atoms with Crippen molar-refractivity contribution in [3.05, 3.63) is 35.6 Å². The Balaban J connectivity index is 1.58. The van der Waals surface area contributed by atoms with Crippen molar-refractivity contribution in [3.8, 4) is 0 Å². The van der Waals surface area contributed by atoms with E-state index in [4.69, 9.17) is 9.57 Å². The van der Waals surface area contributed by atoms with Crippen molar-refractivity contribution in [1.29, 1.82) is 0 Å². The van der Waals surface area contributed by atoms with Gasteiger partial charge in [0.2, 0.25) is 5.91 Å². The molecule has 2 aliphatic heterocycles. The molecule has 1 atom stereocenters. The first-order valence-electron chi connectivity index (χ1n) is 8.72. The SMILES string of the molecule is O=C(CCN1CCCO1)N(Cc1ccc(F)cc1)CC1CCCO1. The average Bonchev–Trinajstić information content (AvgIpc) is 3.27. The van der Waals surface area contributed by atoms with E-state index in [0.29, 0.717) is 26.1 Å². The van der Waals surface area contributed by atoms with Crippen molar-refractivity contribution < 1.29 is 18.8 Å². The Bertz CT molecular complexity index is 526. The Kier molecular flexibility index (Phi) is 6.18. The van der Waals surface area contributed by atoms with Crippen LogP contribution < -0.4 is 0 Å². The van der Waals surface area contributed by atoms with Crippen molar-refractivity contribution in [3.63, 3.8) is 0 Å². The summed E-state index contributed by atoms with van der Waals surface area (Å²) < 4.78 is 18.8. The van der Waals surface area contributed by atoms with Crippen molar-refractivity contribution in [2.75, 3.05) is 32.8 Å². The molecule has 1 aromatic rings. The van der Waals surface area contributed by atoms with Gasteiger partial charge in [-0.15, -0.1) is 0 Å². The summed E-state index contributed by atoms with van der Waals surface area (Å²) in [5.41, 5.74) is 0.931. The molecular formula is C18H25FN2O3. The molecule has 6 heteroatoms. The molecule has 1 unspecified atom stereocenters. The van der Waals surface area contributed by atoms with Gasteiger partial charge in [0.05, 0.1) is 12.7 Å². The van der Waals surface area contributed by atoms with Gasteiger partial charge in [0.1, 0.15) is 5.82 Å². The van der Waals surface area contributed by atoms with Crippen LogP contribution in [0.25, 0.3) is 0 Å². The lowest BCUT2D eigenvalue weighted by atomic mass is 10.1. The third kappa shape index (κ3) is 5.00. The van der Waals surface area contributed by atoms with Crippen LogP contribution in [0.15, 0.2) is 24.3 Å². The molecule has 0 saturated carbocycles. The Hall–Kier alpha value is -1.50. The van der Waals surface area contributed by atoms with E-state index in [0.717, 1.165) is 44.6 Å². The molecule has 2 saturated heterocycles. The number of hydrogen-bond acceptors (Lipinski definition) is 4. The Morgan fingerprint density at radius 1 is 1.25 bits per heavy atom. The van der Waals surface area contributed by atoms with E-state index >= 15 is 0 Å². The Labute approximate surface area is 142 Å². The standard InChI is InChI=1S/C18H25FN2O3/c19-16-6-4-15(5-7-16)13-20(14-17-3-1-11-23-17)18(22)8-10-21-9-2-12-24-21/h4-7,17H,1-3,8-14H2. The zero-order valence-corrected chi connectivity index (χ0v) is 14.0. The number of nitrogens with zero attached hydrogens (tertiary/aromatic N) is 2. The Morgan fingerprint density at radius 3 is 2.75 bits per heavy atom. The predicted molar refractivity (Wildman–Crippen MR) is 87.6 cm³/mol. The molecule has 0 aliphatic carbocycles. The molecule has 132 valence electrons. The predicted octanol–water partition coefficient (Wildman–Crippen LogP) is 2.36. The van der Waals surface area contributed by atoms with Crippen LogP contribution in [0.1, 0.15) is 31.2 Å². The first-order chi connectivity index (χ1) is 11.7. The maximum atomic E-state index is 13.1. The second kappa shape index (κ2) is 8.55. The van der Waals surface area contributed by atoms with Gasteiger partial charge in [0, 0.05) is 39.2 Å². The minimum absolute atomic E-state index is 0.0883. The number of ether oxygens (including phenoxy) is 1. The van der Waals surface area contributed by atoms with Crippen LogP contribution in [0.3, 0.4) is 0 Å². The molecule has 5 nitrogen and oxygen atoms in total. The highest BCUT2D eigenvalue weighted by Crippen LogP contribution is 2.16. The normalized spacial score (nSPS) is 21.3. The lowest BCUT2D eigenvalue weighted by Crippen LogP contribution is -2.38. The van der Waals surface area contributed by atoms with Gasteiger partial charge in [0.15, 0.2) is 0 Å². The zero-order valence-electron chi connectivity index (χ0n) is 14.0. The number of hydrogen-bond donors (Lipinski definition) is 0. The third-order valence-corrected chi connectivity index (χ3v) is 4.49. The minimum Gasteiger partial charge on any atom is -0.376 e. The highest BCUT2D eigenvalue weighted by molar-refractivity contribution is 5.76. The number of amides is 1. The van der Waals surface area contributed by atoms with E-state index in [1.54, 1.807) is 12.1 Å². The molecule has 0 bridgehead atoms. The second-order valence-corrected chi connectivity index (χ2v) is 6.40. The van der Waals surface area contributed by atoms with Gasteiger partial charge in [-0.2, -0.15) is 5.06 Å². The zero-order chi connectivity index (χ0) is 16.8. The van der Waals surface area contributed by atoms with Crippen molar-refractivity contribution in [2.24, 2.45) is 0 Å². The monoisotopic (exact) mass is 336 g/mol. The summed E-state index contributed by atoms with van der Waals surface area (Å²) in [7, 11) is 0. The van der Waals surface area contributed by atoms with Crippen LogP contribution >= 0.6 is 0 Å². The number of rotatable bonds is 7. The number of carbonyl (C=O) groups is 1. The number of carbonyl (C=O) groups excluding carboxylic acids is 1. The van der Waals surface area contributed by atoms with Crippen molar-refractivity contribution in [1.82, 2.24) is 9.96 Å². The van der Waals surface area contributed by atoms with Crippen LogP contribution in [0, 0.1) is 5.82 Å². The molecule has 1 amide bonds. The molecule has 3 rings (SSSR count). The number of benzene rings is 1. The molecule has 0 N–H and O–H groups in total. The maximum absolute atomic E-state index is 13.1. The molecule has 2 aliphatic rings. The molecule has 1 aromatic carbocycles. The van der Waals surface area contributed by atoms with Gasteiger partial charge < -0.3 is 9.64 Å². The fourth-order valence-corrected chi connectivity index (χ4v) is 3.15. The van der Waals surface area contributed by atoms with Gasteiger partial charge in [-0.25, -0.2) is 4.39 Å². The largest absolute Gasteiger partial charge is 0.376 e. The summed E-state index contributed by atoms with van der Waals surface area (Å²) in [5.74, 6) is -0.174. The van der Waals surface area contributed by atoms with Crippen molar-refractivity contribution in [2.45, 2.75) is 38.3 Å². The van der Waals surface area contributed by atoms with E-state index in [2.05, 4.69) is 0 Å². The molecule has 0 spiro atoms. The first kappa shape index (κ1) is 17.3. The summed E-state index contributed by atoms with van der Waals surface area (Å²) >= 11 is 0. The topological polar surface area (TPSA) is 42.0 Å². The van der Waals surface area contributed by atoms with Crippen LogP contribution in [0.4, 0.5) is 4.39 Å². The first-order valence-corrected chi connectivity index (χ1v) is 8.72. The molecule has 2 heterocycles. The summed E-state index contributed by atoms with van der Waals surface area (Å²) in [5, 5.41) is 1.86. The van der Waals surface area contributed by atoms with Gasteiger partial charge in [-0.1, -0.05) is 12.1 Å². The van der Waals surface area contributed by atoms with E-state index in [9.17, 15) is 9.18 Å². The summed E-state index contributed by atoms with van der Waals surface area (Å²) in [6.07, 6.45) is 3.59. The summed E-state index contributed by atoms with van der Waals surface area (Å²) in [4.78, 5) is 19.9. The molecular weight excluding hydrogens is 311 g/mol. The molecule has 0 aromatic heterocycles. The smallest absolute Gasteiger partial charge is 0.224 e. The molecule has 24 heavy (non-hydrogen) atoms. The van der Waals surface area contributed by atoms with Gasteiger partial charge in [0.25, 0.3) is 0 Å². The molecule has 0 radical (unpaired) electrons. The highest BCUT2D eigenvalue weighted by atomic mass is 19.1. The van der Waals surface area contributed by atoms with Gasteiger partial charge in [-0.05, 0) is 37.0 Å². The summed E-state index contributed by atoms with van der Waals surface area (Å²) in [6.45, 7) is 4.09. The second-order valence-electron chi connectivity index (χ2n) is 6.40. The van der Waals surface area contributed by atoms with Gasteiger partial charge in [-0.3, -0.25) is 9.63 Å². The fraction of sp³-hybridized carbons (Fsp3) is 0.611. The fourth-order valence-electron chi connectivity index (χ4n) is 3.15. The highest BCUT2D eigenvalue weighted by Gasteiger charge is 2.23. The number of hydroxylamine groups is 2. The lowest BCUT2D eigenvalue weighted by molar-refractivity contribution is -0.140. The maximum Gasteiger partial charge on any atom is 0.224 e. The van der Waals surface area contributed by atoms with Crippen LogP contribution in [-0.4, -0.2) is 54.8 Å². The van der Waals surface area contributed by atoms with E-state index < -0.39 is 0 Å². The van der Waals surface area contributed by atoms with Crippen LogP contribution in [-0.2, 0) is 20.9 Å². The summed E-state index contributed by atoms with van der Waals surface area (Å²) in [6, 6.07) is 6.33. The third-order valence-electron chi connectivity index (χ3n) is 4.49. The minimum atomic E-state index is -0.262. The van der Waals surface area contributed by atoms with E-state index in [1.807, 2.05) is 9.96 Å². The van der Waals surface area contributed by atoms with E-state index in [1.165, 1.54) is 12.1 Å². The average molecular weight is 336 g/mol. The van der Waals surface area contributed by atoms with Crippen molar-refractivity contribution >= 4 is 5.91 Å². The van der Waals surface area contributed by atoms with Gasteiger partial charge >= 0.3 is 0 Å². The van der Waals surface area contributed by atoms with Crippen LogP contribution in [0.2, 0.25) is 0 Å². The molecule has 2 fully saturated rings. The van der Waals surface area contributed by atoms with Crippen LogP contribution in [0.5, 0.6) is 0 Å². The Morgan fingerprint density at radius 2 is 2.08 bits per heavy atom.